The summed E-state index contributed by atoms with van der Waals surface area (Å²) in [5, 5.41) is 3.31. The van der Waals surface area contributed by atoms with Gasteiger partial charge in [-0.05, 0) is 12.0 Å². The zero-order valence-electron chi connectivity index (χ0n) is 10.9. The van der Waals surface area contributed by atoms with Gasteiger partial charge in [0.05, 0.1) is 0 Å². The first kappa shape index (κ1) is 13.1. The highest BCUT2D eigenvalue weighted by Gasteiger charge is 2.42. The molecule has 0 bridgehead atoms. The van der Waals surface area contributed by atoms with E-state index in [1.54, 1.807) is 0 Å². The van der Waals surface area contributed by atoms with Crippen molar-refractivity contribution < 1.29 is 4.79 Å². The fourth-order valence-corrected chi connectivity index (χ4v) is 2.84. The number of benzene rings is 1. The molecule has 18 heavy (non-hydrogen) atoms. The van der Waals surface area contributed by atoms with Crippen molar-refractivity contribution >= 4 is 5.91 Å². The molecule has 0 saturated carbocycles. The van der Waals surface area contributed by atoms with Crippen LogP contribution in [0.3, 0.4) is 0 Å². The molecule has 1 saturated heterocycles. The van der Waals surface area contributed by atoms with Crippen LogP contribution in [0.15, 0.2) is 30.3 Å². The zero-order valence-corrected chi connectivity index (χ0v) is 10.9. The molecule has 1 atom stereocenters. The van der Waals surface area contributed by atoms with Crippen LogP contribution in [0, 0.1) is 0 Å². The SMILES string of the molecule is CCC(C(N)=O)(c1ccccc1)N1CCNCC1. The number of nitrogens with one attached hydrogen (secondary N) is 1. The van der Waals surface area contributed by atoms with E-state index in [1.807, 2.05) is 37.3 Å². The average molecular weight is 247 g/mol. The van der Waals surface area contributed by atoms with Gasteiger partial charge in [-0.25, -0.2) is 0 Å². The van der Waals surface area contributed by atoms with Gasteiger partial charge in [-0.3, -0.25) is 9.69 Å². The van der Waals surface area contributed by atoms with Crippen LogP contribution in [0.5, 0.6) is 0 Å². The lowest BCUT2D eigenvalue weighted by atomic mass is 9.84. The van der Waals surface area contributed by atoms with Crippen molar-refractivity contribution in [2.75, 3.05) is 26.2 Å². The van der Waals surface area contributed by atoms with Crippen LogP contribution in [0.2, 0.25) is 0 Å². The van der Waals surface area contributed by atoms with Gasteiger partial charge in [-0.2, -0.15) is 0 Å². The number of nitrogens with zero attached hydrogens (tertiary/aromatic N) is 1. The van der Waals surface area contributed by atoms with Gasteiger partial charge < -0.3 is 11.1 Å². The topological polar surface area (TPSA) is 58.4 Å². The van der Waals surface area contributed by atoms with E-state index < -0.39 is 5.54 Å². The van der Waals surface area contributed by atoms with E-state index in [1.165, 1.54) is 0 Å². The number of amides is 1. The van der Waals surface area contributed by atoms with E-state index in [9.17, 15) is 4.79 Å². The number of rotatable bonds is 4. The molecule has 4 nitrogen and oxygen atoms in total. The first-order chi connectivity index (χ1) is 8.71. The van der Waals surface area contributed by atoms with E-state index in [-0.39, 0.29) is 5.91 Å². The third kappa shape index (κ3) is 2.13. The Bertz CT molecular complexity index is 401. The van der Waals surface area contributed by atoms with Gasteiger partial charge in [0.25, 0.3) is 0 Å². The summed E-state index contributed by atoms with van der Waals surface area (Å²) in [5.41, 5.74) is 6.08. The summed E-state index contributed by atoms with van der Waals surface area (Å²) in [4.78, 5) is 14.3. The van der Waals surface area contributed by atoms with E-state index in [4.69, 9.17) is 5.73 Å². The third-order valence-corrected chi connectivity index (χ3v) is 3.83. The Balaban J connectivity index is 2.42. The van der Waals surface area contributed by atoms with Crippen molar-refractivity contribution in [2.24, 2.45) is 5.73 Å². The molecular formula is C14H21N3O. The van der Waals surface area contributed by atoms with E-state index in [2.05, 4.69) is 10.2 Å². The van der Waals surface area contributed by atoms with Gasteiger partial charge in [-0.1, -0.05) is 37.3 Å². The van der Waals surface area contributed by atoms with Crippen molar-refractivity contribution in [3.63, 3.8) is 0 Å². The average Bonchev–Trinajstić information content (AvgIpc) is 2.42. The van der Waals surface area contributed by atoms with Crippen LogP contribution in [0.4, 0.5) is 0 Å². The summed E-state index contributed by atoms with van der Waals surface area (Å²) in [6.45, 7) is 5.54. The van der Waals surface area contributed by atoms with Crippen molar-refractivity contribution in [1.82, 2.24) is 10.2 Å². The standard InChI is InChI=1S/C14H21N3O/c1-2-14(13(15)18,12-6-4-3-5-7-12)17-10-8-16-9-11-17/h3-7,16H,2,8-11H2,1H3,(H2,15,18). The van der Waals surface area contributed by atoms with E-state index in [0.29, 0.717) is 6.42 Å². The predicted molar refractivity (Wildman–Crippen MR) is 72.0 cm³/mol. The van der Waals surface area contributed by atoms with Gasteiger partial charge in [-0.15, -0.1) is 0 Å². The zero-order chi connectivity index (χ0) is 13.0. The quantitative estimate of drug-likeness (QED) is 0.822. The molecule has 1 fully saturated rings. The fraction of sp³-hybridized carbons (Fsp3) is 0.500. The summed E-state index contributed by atoms with van der Waals surface area (Å²) < 4.78 is 0. The van der Waals surface area contributed by atoms with Crippen LogP contribution in [-0.4, -0.2) is 37.0 Å². The second-order valence-corrected chi connectivity index (χ2v) is 4.68. The van der Waals surface area contributed by atoms with Crippen LogP contribution in [-0.2, 0) is 10.3 Å². The fourth-order valence-electron chi connectivity index (χ4n) is 2.84. The highest BCUT2D eigenvalue weighted by atomic mass is 16.1. The molecule has 1 aliphatic heterocycles. The number of nitrogens with two attached hydrogens (primary N) is 1. The molecule has 1 aliphatic rings. The normalized spacial score (nSPS) is 20.3. The monoisotopic (exact) mass is 247 g/mol. The molecule has 98 valence electrons. The van der Waals surface area contributed by atoms with Gasteiger partial charge in [0.2, 0.25) is 5.91 Å². The molecule has 1 aromatic carbocycles. The summed E-state index contributed by atoms with van der Waals surface area (Å²) in [7, 11) is 0. The molecule has 1 heterocycles. The summed E-state index contributed by atoms with van der Waals surface area (Å²) >= 11 is 0. The lowest BCUT2D eigenvalue weighted by Gasteiger charge is -2.43. The van der Waals surface area contributed by atoms with Crippen molar-refractivity contribution in [2.45, 2.75) is 18.9 Å². The van der Waals surface area contributed by atoms with Crippen LogP contribution >= 0.6 is 0 Å². The molecule has 1 aromatic rings. The lowest BCUT2D eigenvalue weighted by Crippen LogP contribution is -2.59. The Morgan fingerprint density at radius 2 is 1.94 bits per heavy atom. The molecule has 3 N–H and O–H groups in total. The molecule has 4 heteroatoms. The van der Waals surface area contributed by atoms with Gasteiger partial charge in [0, 0.05) is 26.2 Å². The second kappa shape index (κ2) is 5.50. The molecule has 2 rings (SSSR count). The highest BCUT2D eigenvalue weighted by Crippen LogP contribution is 2.32. The maximum Gasteiger partial charge on any atom is 0.242 e. The first-order valence-electron chi connectivity index (χ1n) is 6.53. The minimum absolute atomic E-state index is 0.252. The maximum atomic E-state index is 12.1. The second-order valence-electron chi connectivity index (χ2n) is 4.68. The van der Waals surface area contributed by atoms with Gasteiger partial charge in [0.1, 0.15) is 5.54 Å². The molecule has 1 unspecified atom stereocenters. The Morgan fingerprint density at radius 1 is 1.33 bits per heavy atom. The minimum atomic E-state index is -0.663. The molecule has 0 radical (unpaired) electrons. The number of hydrogen-bond acceptors (Lipinski definition) is 3. The molecule has 0 aromatic heterocycles. The van der Waals surface area contributed by atoms with Gasteiger partial charge >= 0.3 is 0 Å². The molecular weight excluding hydrogens is 226 g/mol. The van der Waals surface area contributed by atoms with E-state index >= 15 is 0 Å². The van der Waals surface area contributed by atoms with Crippen molar-refractivity contribution in [3.05, 3.63) is 35.9 Å². The number of carbonyl (C=O) groups excluding carboxylic acids is 1. The number of carbonyl (C=O) groups is 1. The number of hydrogen-bond donors (Lipinski definition) is 2. The Morgan fingerprint density at radius 3 is 2.44 bits per heavy atom. The van der Waals surface area contributed by atoms with Gasteiger partial charge in [0.15, 0.2) is 0 Å². The molecule has 1 amide bonds. The summed E-state index contributed by atoms with van der Waals surface area (Å²) in [5.74, 6) is -0.252. The van der Waals surface area contributed by atoms with Crippen LogP contribution in [0.25, 0.3) is 0 Å². The first-order valence-corrected chi connectivity index (χ1v) is 6.53. The minimum Gasteiger partial charge on any atom is -0.368 e. The van der Waals surface area contributed by atoms with Crippen molar-refractivity contribution in [1.29, 1.82) is 0 Å². The highest BCUT2D eigenvalue weighted by molar-refractivity contribution is 5.86. The largest absolute Gasteiger partial charge is 0.368 e. The third-order valence-electron chi connectivity index (χ3n) is 3.83. The van der Waals surface area contributed by atoms with E-state index in [0.717, 1.165) is 31.7 Å². The van der Waals surface area contributed by atoms with Crippen molar-refractivity contribution in [3.8, 4) is 0 Å². The smallest absolute Gasteiger partial charge is 0.242 e. The number of primary amides is 1. The Kier molecular flexibility index (Phi) is 3.99. The lowest BCUT2D eigenvalue weighted by molar-refractivity contribution is -0.132. The Hall–Kier alpha value is -1.39. The summed E-state index contributed by atoms with van der Waals surface area (Å²) in [6.07, 6.45) is 0.701. The number of piperazine rings is 1. The summed E-state index contributed by atoms with van der Waals surface area (Å²) in [6, 6.07) is 9.88. The predicted octanol–water partition coefficient (Wildman–Crippen LogP) is 0.682. The van der Waals surface area contributed by atoms with Crippen LogP contribution in [0.1, 0.15) is 18.9 Å². The maximum absolute atomic E-state index is 12.1. The molecule has 0 aliphatic carbocycles. The van der Waals surface area contributed by atoms with Crippen LogP contribution < -0.4 is 11.1 Å². The Labute approximate surface area is 108 Å². The molecule has 0 spiro atoms.